The number of carbonyl (C=O) groups excluding carboxylic acids is 1. The van der Waals surface area contributed by atoms with Crippen molar-refractivity contribution < 1.29 is 9.18 Å². The molecule has 26 heavy (non-hydrogen) atoms. The van der Waals surface area contributed by atoms with Crippen LogP contribution in [-0.2, 0) is 4.79 Å². The number of hydrogen-bond acceptors (Lipinski definition) is 3. The van der Waals surface area contributed by atoms with E-state index in [1.807, 2.05) is 36.5 Å². The van der Waals surface area contributed by atoms with Gasteiger partial charge in [-0.25, -0.2) is 4.39 Å². The van der Waals surface area contributed by atoms with E-state index in [0.29, 0.717) is 6.42 Å². The molecule has 136 valence electrons. The fraction of sp³-hybridized carbons (Fsp3) is 0.286. The molecular formula is C21H22BrFN2O. The van der Waals surface area contributed by atoms with Gasteiger partial charge in [0.1, 0.15) is 12.0 Å². The number of nitrogens with zero attached hydrogens (tertiary/aromatic N) is 1. The lowest BCUT2D eigenvalue weighted by Crippen LogP contribution is -2.41. The Hall–Kier alpha value is -2.14. The molecule has 1 aromatic rings. The molecular weight excluding hydrogens is 395 g/mol. The van der Waals surface area contributed by atoms with Crippen molar-refractivity contribution in [1.29, 1.82) is 0 Å². The summed E-state index contributed by atoms with van der Waals surface area (Å²) >= 11 is 3.45. The molecule has 3 nitrogen and oxygen atoms in total. The van der Waals surface area contributed by atoms with Gasteiger partial charge in [-0.05, 0) is 47.8 Å². The lowest BCUT2D eigenvalue weighted by Gasteiger charge is -2.34. The maximum absolute atomic E-state index is 13.8. The van der Waals surface area contributed by atoms with Crippen LogP contribution in [0.4, 0.5) is 4.39 Å². The van der Waals surface area contributed by atoms with Gasteiger partial charge in [0.15, 0.2) is 5.78 Å². The van der Waals surface area contributed by atoms with Gasteiger partial charge in [0.05, 0.1) is 0 Å². The molecule has 1 aromatic carbocycles. The van der Waals surface area contributed by atoms with Crippen molar-refractivity contribution in [3.63, 3.8) is 0 Å². The lowest BCUT2D eigenvalue weighted by molar-refractivity contribution is -0.117. The van der Waals surface area contributed by atoms with E-state index in [2.05, 4.69) is 35.1 Å². The van der Waals surface area contributed by atoms with Crippen LogP contribution in [0.1, 0.15) is 32.3 Å². The Morgan fingerprint density at radius 1 is 1.35 bits per heavy atom. The molecule has 0 spiro atoms. The Morgan fingerprint density at radius 2 is 2.15 bits per heavy atom. The molecule has 2 aliphatic rings. The first-order chi connectivity index (χ1) is 12.3. The summed E-state index contributed by atoms with van der Waals surface area (Å²) < 4.78 is 14.7. The quantitative estimate of drug-likeness (QED) is 0.723. The summed E-state index contributed by atoms with van der Waals surface area (Å²) in [6.45, 7) is 4.17. The molecule has 0 bridgehead atoms. The molecule has 1 aliphatic heterocycles. The molecule has 0 radical (unpaired) electrons. The second kappa shape index (κ2) is 7.62. The van der Waals surface area contributed by atoms with E-state index in [9.17, 15) is 9.18 Å². The van der Waals surface area contributed by atoms with Crippen molar-refractivity contribution in [2.75, 3.05) is 0 Å². The molecule has 1 unspecified atom stereocenters. The van der Waals surface area contributed by atoms with E-state index in [1.165, 1.54) is 12.3 Å². The van der Waals surface area contributed by atoms with Crippen LogP contribution >= 0.6 is 15.9 Å². The van der Waals surface area contributed by atoms with Gasteiger partial charge in [0, 0.05) is 35.1 Å². The highest BCUT2D eigenvalue weighted by Crippen LogP contribution is 2.33. The van der Waals surface area contributed by atoms with Crippen LogP contribution in [0, 0.1) is 5.41 Å². The monoisotopic (exact) mass is 416 g/mol. The Bertz CT molecular complexity index is 823. The number of nitrogens with one attached hydrogen (secondary N) is 1. The summed E-state index contributed by atoms with van der Waals surface area (Å²) in [5.41, 5.74) is 1.83. The SMILES string of the molecule is CC1(C)CC(=O)C=C(NC2C=CC(F)=CN2C=Cc2cccc(Br)c2)C1. The minimum atomic E-state index is -0.309. The van der Waals surface area contributed by atoms with E-state index < -0.39 is 0 Å². The first kappa shape index (κ1) is 18.6. The average molecular weight is 417 g/mol. The van der Waals surface area contributed by atoms with Gasteiger partial charge in [0.25, 0.3) is 0 Å². The van der Waals surface area contributed by atoms with Gasteiger partial charge in [-0.1, -0.05) is 41.9 Å². The molecule has 0 aromatic heterocycles. The zero-order chi connectivity index (χ0) is 18.7. The summed E-state index contributed by atoms with van der Waals surface area (Å²) in [6, 6.07) is 7.88. The number of carbonyl (C=O) groups is 1. The smallest absolute Gasteiger partial charge is 0.157 e. The van der Waals surface area contributed by atoms with E-state index in [0.717, 1.165) is 22.2 Å². The van der Waals surface area contributed by atoms with Crippen LogP contribution in [0.2, 0.25) is 0 Å². The van der Waals surface area contributed by atoms with Crippen molar-refractivity contribution in [3.05, 3.63) is 76.5 Å². The molecule has 0 saturated carbocycles. The Labute approximate surface area is 162 Å². The van der Waals surface area contributed by atoms with Crippen LogP contribution in [0.25, 0.3) is 6.08 Å². The number of allylic oxidation sites excluding steroid dienone is 4. The maximum atomic E-state index is 13.8. The number of ketones is 1. The normalized spacial score (nSPS) is 22.4. The van der Waals surface area contributed by atoms with Gasteiger partial charge < -0.3 is 10.2 Å². The molecule has 5 heteroatoms. The highest BCUT2D eigenvalue weighted by Gasteiger charge is 2.29. The molecule has 3 rings (SSSR count). The molecule has 0 fully saturated rings. The van der Waals surface area contributed by atoms with E-state index in [1.54, 1.807) is 17.1 Å². The van der Waals surface area contributed by atoms with Crippen LogP contribution in [0.5, 0.6) is 0 Å². The number of benzene rings is 1. The predicted octanol–water partition coefficient (Wildman–Crippen LogP) is 5.29. The molecule has 1 N–H and O–H groups in total. The van der Waals surface area contributed by atoms with Crippen molar-refractivity contribution >= 4 is 27.8 Å². The summed E-state index contributed by atoms with van der Waals surface area (Å²) in [7, 11) is 0. The third-order valence-electron chi connectivity index (χ3n) is 4.31. The Morgan fingerprint density at radius 3 is 2.88 bits per heavy atom. The van der Waals surface area contributed by atoms with Crippen LogP contribution in [-0.4, -0.2) is 16.8 Å². The lowest BCUT2D eigenvalue weighted by atomic mass is 9.79. The summed E-state index contributed by atoms with van der Waals surface area (Å²) in [4.78, 5) is 13.7. The Kier molecular flexibility index (Phi) is 5.47. The fourth-order valence-electron chi connectivity index (χ4n) is 3.22. The standard InChI is InChI=1S/C21H22BrFN2O/c1-21(2)12-18(11-19(26)13-21)24-20-7-6-17(23)14-25(20)9-8-15-4-3-5-16(22)10-15/h3-11,14,20,24H,12-13H2,1-2H3. The van der Waals surface area contributed by atoms with Crippen LogP contribution in [0.15, 0.2) is 70.9 Å². The van der Waals surface area contributed by atoms with E-state index >= 15 is 0 Å². The largest absolute Gasteiger partial charge is 0.365 e. The predicted molar refractivity (Wildman–Crippen MR) is 106 cm³/mol. The molecule has 1 aliphatic carbocycles. The highest BCUT2D eigenvalue weighted by molar-refractivity contribution is 9.10. The van der Waals surface area contributed by atoms with Crippen molar-refractivity contribution in [3.8, 4) is 0 Å². The number of hydrogen-bond donors (Lipinski definition) is 1. The average Bonchev–Trinajstić information content (AvgIpc) is 2.53. The van der Waals surface area contributed by atoms with Crippen LogP contribution in [0.3, 0.4) is 0 Å². The molecule has 0 amide bonds. The first-order valence-electron chi connectivity index (χ1n) is 8.57. The van der Waals surface area contributed by atoms with E-state index in [-0.39, 0.29) is 23.2 Å². The van der Waals surface area contributed by atoms with Crippen molar-refractivity contribution in [2.24, 2.45) is 5.41 Å². The van der Waals surface area contributed by atoms with Gasteiger partial charge in [-0.3, -0.25) is 4.79 Å². The van der Waals surface area contributed by atoms with Gasteiger partial charge in [0.2, 0.25) is 0 Å². The van der Waals surface area contributed by atoms with Gasteiger partial charge in [-0.15, -0.1) is 0 Å². The van der Waals surface area contributed by atoms with E-state index in [4.69, 9.17) is 0 Å². The molecule has 1 heterocycles. The second-order valence-electron chi connectivity index (χ2n) is 7.43. The topological polar surface area (TPSA) is 32.3 Å². The Balaban J connectivity index is 1.77. The number of halogens is 2. The number of rotatable bonds is 4. The third kappa shape index (κ3) is 4.94. The van der Waals surface area contributed by atoms with Crippen LogP contribution < -0.4 is 5.32 Å². The van der Waals surface area contributed by atoms with Gasteiger partial charge >= 0.3 is 0 Å². The third-order valence-corrected chi connectivity index (χ3v) is 4.80. The summed E-state index contributed by atoms with van der Waals surface area (Å²) in [5, 5.41) is 3.37. The molecule has 1 atom stereocenters. The van der Waals surface area contributed by atoms with Gasteiger partial charge in [-0.2, -0.15) is 0 Å². The first-order valence-corrected chi connectivity index (χ1v) is 9.37. The summed E-state index contributed by atoms with van der Waals surface area (Å²) in [6.07, 6.45) is 11.2. The summed E-state index contributed by atoms with van der Waals surface area (Å²) in [5.74, 6) is -0.183. The zero-order valence-electron chi connectivity index (χ0n) is 14.9. The minimum absolute atomic E-state index is 0.0649. The minimum Gasteiger partial charge on any atom is -0.365 e. The molecule has 0 saturated heterocycles. The fourth-order valence-corrected chi connectivity index (χ4v) is 3.63. The maximum Gasteiger partial charge on any atom is 0.157 e. The van der Waals surface area contributed by atoms with Crippen molar-refractivity contribution in [2.45, 2.75) is 32.9 Å². The van der Waals surface area contributed by atoms with Crippen molar-refractivity contribution in [1.82, 2.24) is 10.2 Å². The second-order valence-corrected chi connectivity index (χ2v) is 8.35. The zero-order valence-corrected chi connectivity index (χ0v) is 16.5. The highest BCUT2D eigenvalue weighted by atomic mass is 79.9.